The molecule has 0 unspecified atom stereocenters. The van der Waals surface area contributed by atoms with E-state index < -0.39 is 70.7 Å². The van der Waals surface area contributed by atoms with E-state index in [0.717, 1.165) is 19.3 Å². The van der Waals surface area contributed by atoms with Crippen molar-refractivity contribution in [3.8, 4) is 0 Å². The number of amides is 8. The van der Waals surface area contributed by atoms with Crippen molar-refractivity contribution in [3.63, 3.8) is 0 Å². The van der Waals surface area contributed by atoms with Crippen LogP contribution in [0.2, 0.25) is 0 Å². The topological polar surface area (TPSA) is 324 Å². The lowest BCUT2D eigenvalue weighted by molar-refractivity contribution is -0.132. The Bertz CT molecular complexity index is 1600. The van der Waals surface area contributed by atoms with Gasteiger partial charge in [0.05, 0.1) is 0 Å². The molecule has 0 aliphatic rings. The fraction of sp³-hybridized carbons (Fsp3) is 0.833. The summed E-state index contributed by atoms with van der Waals surface area (Å²) in [6.07, 6.45) is 5.37. The quantitative estimate of drug-likeness (QED) is 0.0117. The van der Waals surface area contributed by atoms with E-state index in [1.165, 1.54) is 4.90 Å². The van der Waals surface area contributed by atoms with Crippen molar-refractivity contribution < 1.29 is 57.3 Å². The second-order valence-corrected chi connectivity index (χ2v) is 20.9. The van der Waals surface area contributed by atoms with E-state index in [4.69, 9.17) is 30.2 Å². The van der Waals surface area contributed by atoms with Gasteiger partial charge < -0.3 is 61.5 Å². The summed E-state index contributed by atoms with van der Waals surface area (Å²) in [6, 6.07) is -1.97. The van der Waals surface area contributed by atoms with Crippen LogP contribution in [-0.2, 0) is 38.1 Å². The number of alkyl carbamates (subject to hydrolysis) is 4. The van der Waals surface area contributed by atoms with E-state index in [2.05, 4.69) is 48.9 Å². The monoisotopic (exact) mass is 1160 g/mol. The first-order chi connectivity index (χ1) is 32.9. The smallest absolute Gasteiger partial charge is 0.408 e. The van der Waals surface area contributed by atoms with Crippen molar-refractivity contribution in [2.75, 3.05) is 45.8 Å². The standard InChI is InChI=1S/C42H78N10O11.C6H13NO.4ClH/c1-39(2,3)60-35(56)46-23-18-15-20-30(49-37(58)62-41(7,8)9)33(54)44-26-28-52(32(53)22-14-13-17-25-48-51-43)29-27-45-34(55)31(50-38(59)63-42(10,11)12)21-16-19-24-47-36(57)61-40(4,5)6;1-2-3-4-5-6(7)8;;;;/h30-31H,13-29H2,1-12H3,(H,44,54)(H,45,55)(H,46,56)(H,47,57)(H,49,58)(H,50,59);2-5H2,1H3,(H2,7,8);4*1H/t30-,31-;;;;;/m0...../s1. The van der Waals surface area contributed by atoms with Crippen LogP contribution in [0.15, 0.2) is 5.11 Å². The summed E-state index contributed by atoms with van der Waals surface area (Å²) in [4.78, 5) is 104. The zero-order chi connectivity index (χ0) is 54.7. The van der Waals surface area contributed by atoms with Crippen LogP contribution in [0.3, 0.4) is 0 Å². The third-order valence-corrected chi connectivity index (χ3v) is 9.14. The second-order valence-electron chi connectivity index (χ2n) is 20.9. The van der Waals surface area contributed by atoms with E-state index in [0.29, 0.717) is 71.0 Å². The molecular weight excluding hydrogens is 1060 g/mol. The lowest BCUT2D eigenvalue weighted by atomic mass is 10.1. The van der Waals surface area contributed by atoms with Crippen LogP contribution in [0.1, 0.15) is 180 Å². The fourth-order valence-corrected chi connectivity index (χ4v) is 6.02. The maximum Gasteiger partial charge on any atom is 0.408 e. The number of nitrogens with one attached hydrogen (secondary N) is 6. The molecular formula is C48H95Cl4N11O12. The Balaban J connectivity index is -0.000000909. The van der Waals surface area contributed by atoms with Crippen molar-refractivity contribution in [1.82, 2.24) is 36.8 Å². The van der Waals surface area contributed by atoms with Crippen molar-refractivity contribution in [2.45, 2.75) is 214 Å². The van der Waals surface area contributed by atoms with Crippen LogP contribution in [-0.4, -0.2) is 133 Å². The Labute approximate surface area is 471 Å². The highest BCUT2D eigenvalue weighted by Gasteiger charge is 2.27. The summed E-state index contributed by atoms with van der Waals surface area (Å²) < 4.78 is 21.3. The molecule has 75 heavy (non-hydrogen) atoms. The number of carbonyl (C=O) groups is 8. The van der Waals surface area contributed by atoms with Gasteiger partial charge in [0, 0.05) is 63.6 Å². The molecule has 8 amide bonds. The Kier molecular flexibility index (Phi) is 48.6. The predicted molar refractivity (Wildman–Crippen MR) is 300 cm³/mol. The van der Waals surface area contributed by atoms with Gasteiger partial charge in [0.25, 0.3) is 0 Å². The first kappa shape index (κ1) is 81.8. The number of azide groups is 1. The molecule has 0 heterocycles. The van der Waals surface area contributed by atoms with Gasteiger partial charge in [-0.15, -0.1) is 49.6 Å². The molecule has 27 heteroatoms. The summed E-state index contributed by atoms with van der Waals surface area (Å²) in [7, 11) is 0. The van der Waals surface area contributed by atoms with E-state index in [-0.39, 0.29) is 107 Å². The van der Waals surface area contributed by atoms with Gasteiger partial charge in [-0.1, -0.05) is 31.3 Å². The Morgan fingerprint density at radius 2 is 0.880 bits per heavy atom. The molecule has 442 valence electrons. The number of hydrogen-bond donors (Lipinski definition) is 7. The molecule has 0 saturated heterocycles. The number of nitrogens with two attached hydrogens (primary N) is 1. The number of unbranched alkanes of at least 4 members (excludes halogenated alkanes) is 6. The normalized spacial score (nSPS) is 11.5. The third-order valence-electron chi connectivity index (χ3n) is 9.14. The third kappa shape index (κ3) is 54.0. The van der Waals surface area contributed by atoms with Gasteiger partial charge in [-0.25, -0.2) is 19.2 Å². The highest BCUT2D eigenvalue weighted by atomic mass is 35.5. The first-order valence-corrected chi connectivity index (χ1v) is 24.9. The molecule has 23 nitrogen and oxygen atoms in total. The van der Waals surface area contributed by atoms with Crippen LogP contribution in [0.25, 0.3) is 10.4 Å². The number of halogens is 4. The largest absolute Gasteiger partial charge is 0.444 e. The van der Waals surface area contributed by atoms with E-state index in [1.807, 2.05) is 0 Å². The molecule has 8 N–H and O–H groups in total. The fourth-order valence-electron chi connectivity index (χ4n) is 6.02. The Morgan fingerprint density at radius 1 is 0.507 bits per heavy atom. The number of hydrogen-bond acceptors (Lipinski definition) is 13. The summed E-state index contributed by atoms with van der Waals surface area (Å²) >= 11 is 0. The molecule has 0 fully saturated rings. The van der Waals surface area contributed by atoms with Gasteiger partial charge in [0.1, 0.15) is 34.5 Å². The Hall–Kier alpha value is -4.57. The number of primary amides is 1. The molecule has 0 aromatic heterocycles. The molecule has 0 aromatic carbocycles. The molecule has 0 rings (SSSR count). The van der Waals surface area contributed by atoms with Crippen LogP contribution in [0.4, 0.5) is 19.2 Å². The summed E-state index contributed by atoms with van der Waals surface area (Å²) in [5.74, 6) is -1.42. The SMILES string of the molecule is CC(C)(C)OC(=O)NCCCC[C@H](NC(=O)OC(C)(C)C)C(=O)NCCN(CCNC(=O)[C@H](CCCCNC(=O)OC(C)(C)C)NC(=O)OC(C)(C)C)C(=O)CCCCCN=[N+]=[N-].CCCCCC(N)=O.Cl.Cl.Cl.Cl. The maximum atomic E-state index is 13.5. The summed E-state index contributed by atoms with van der Waals surface area (Å²) in [5.41, 5.74) is 10.5. The highest BCUT2D eigenvalue weighted by Crippen LogP contribution is 2.12. The van der Waals surface area contributed by atoms with E-state index in [9.17, 15) is 38.4 Å². The average molecular weight is 1160 g/mol. The number of carbonyl (C=O) groups excluding carboxylic acids is 8. The zero-order valence-corrected chi connectivity index (χ0v) is 50.2. The number of rotatable bonds is 30. The molecule has 0 spiro atoms. The molecule has 0 bridgehead atoms. The minimum Gasteiger partial charge on any atom is -0.444 e. The molecule has 0 aromatic rings. The van der Waals surface area contributed by atoms with Gasteiger partial charge in [-0.05, 0) is 146 Å². The molecule has 2 atom stereocenters. The summed E-state index contributed by atoms with van der Waals surface area (Å²) in [6.45, 7) is 23.9. The lowest BCUT2D eigenvalue weighted by Gasteiger charge is -2.26. The summed E-state index contributed by atoms with van der Waals surface area (Å²) in [5, 5.41) is 19.7. The average Bonchev–Trinajstić information content (AvgIpc) is 3.20. The van der Waals surface area contributed by atoms with Crippen LogP contribution >= 0.6 is 49.6 Å². The lowest BCUT2D eigenvalue weighted by Crippen LogP contribution is -2.51. The van der Waals surface area contributed by atoms with Gasteiger partial charge in [0.15, 0.2) is 0 Å². The molecule has 0 saturated carbocycles. The van der Waals surface area contributed by atoms with Gasteiger partial charge in [0.2, 0.25) is 23.6 Å². The number of nitrogens with zero attached hydrogens (tertiary/aromatic N) is 4. The predicted octanol–water partition coefficient (Wildman–Crippen LogP) is 8.83. The van der Waals surface area contributed by atoms with Crippen LogP contribution < -0.4 is 37.6 Å². The van der Waals surface area contributed by atoms with E-state index in [1.54, 1.807) is 83.1 Å². The molecule has 0 aliphatic carbocycles. The van der Waals surface area contributed by atoms with Gasteiger partial charge in [-0.3, -0.25) is 19.2 Å². The number of ether oxygens (including phenoxy) is 4. The van der Waals surface area contributed by atoms with Crippen molar-refractivity contribution in [3.05, 3.63) is 10.4 Å². The minimum atomic E-state index is -0.983. The van der Waals surface area contributed by atoms with E-state index >= 15 is 0 Å². The van der Waals surface area contributed by atoms with Crippen molar-refractivity contribution >= 4 is 97.6 Å². The maximum absolute atomic E-state index is 13.5. The molecule has 0 radical (unpaired) electrons. The minimum absolute atomic E-state index is 0. The first-order valence-electron chi connectivity index (χ1n) is 24.9. The van der Waals surface area contributed by atoms with Gasteiger partial charge >= 0.3 is 24.4 Å². The van der Waals surface area contributed by atoms with Crippen LogP contribution in [0, 0.1) is 0 Å². The zero-order valence-electron chi connectivity index (χ0n) is 46.9. The van der Waals surface area contributed by atoms with Gasteiger partial charge in [-0.2, -0.15) is 0 Å². The van der Waals surface area contributed by atoms with Crippen LogP contribution in [0.5, 0.6) is 0 Å². The van der Waals surface area contributed by atoms with Crippen molar-refractivity contribution in [1.29, 1.82) is 0 Å². The van der Waals surface area contributed by atoms with Crippen molar-refractivity contribution in [2.24, 2.45) is 10.8 Å². The second kappa shape index (κ2) is 44.5. The molecule has 0 aliphatic heterocycles. The Morgan fingerprint density at radius 3 is 1.23 bits per heavy atom. The highest BCUT2D eigenvalue weighted by molar-refractivity contribution is 5.87.